The molecule has 0 saturated heterocycles. The van der Waals surface area contributed by atoms with Gasteiger partial charge in [0.2, 0.25) is 5.82 Å². The van der Waals surface area contributed by atoms with E-state index in [0.717, 1.165) is 0 Å². The Kier molecular flexibility index (Phi) is 4.62. The Morgan fingerprint density at radius 1 is 1.53 bits per heavy atom. The fourth-order valence-electron chi connectivity index (χ4n) is 1.16. The molecule has 0 aromatic carbocycles. The minimum atomic E-state index is -0.870. The smallest absolute Gasteiger partial charge is 0.306 e. The maximum Gasteiger partial charge on any atom is 0.306 e. The van der Waals surface area contributed by atoms with Crippen molar-refractivity contribution in [1.82, 2.24) is 20.5 Å². The Balaban J connectivity index is 2.37. The van der Waals surface area contributed by atoms with Crippen LogP contribution >= 0.6 is 0 Å². The van der Waals surface area contributed by atoms with Crippen molar-refractivity contribution >= 4 is 11.9 Å². The summed E-state index contributed by atoms with van der Waals surface area (Å²) in [5, 5.41) is 17.6. The van der Waals surface area contributed by atoms with Gasteiger partial charge in [-0.05, 0) is 6.42 Å². The predicted molar refractivity (Wildman–Crippen MR) is 59.5 cm³/mol. The second-order valence-electron chi connectivity index (χ2n) is 3.74. The van der Waals surface area contributed by atoms with Gasteiger partial charge in [-0.2, -0.15) is 0 Å². The molecule has 1 aromatic rings. The van der Waals surface area contributed by atoms with Crippen molar-refractivity contribution in [2.24, 2.45) is 5.92 Å². The van der Waals surface area contributed by atoms with E-state index in [-0.39, 0.29) is 5.82 Å². The molecule has 0 aliphatic heterocycles. The van der Waals surface area contributed by atoms with Gasteiger partial charge >= 0.3 is 5.97 Å². The lowest BCUT2D eigenvalue weighted by Gasteiger charge is -2.05. The van der Waals surface area contributed by atoms with Crippen molar-refractivity contribution in [2.45, 2.75) is 26.7 Å². The number of rotatable bonds is 6. The number of carboxylic acid groups (broad SMARTS) is 1. The monoisotopic (exact) mass is 240 g/mol. The zero-order chi connectivity index (χ0) is 12.8. The third-order valence-electron chi connectivity index (χ3n) is 2.35. The van der Waals surface area contributed by atoms with Crippen LogP contribution in [0.4, 0.5) is 0 Å². The van der Waals surface area contributed by atoms with Crippen LogP contribution in [0.3, 0.4) is 0 Å². The number of aromatic amines is 1. The summed E-state index contributed by atoms with van der Waals surface area (Å²) < 4.78 is 0. The van der Waals surface area contributed by atoms with E-state index in [0.29, 0.717) is 25.2 Å². The molecule has 0 saturated carbocycles. The van der Waals surface area contributed by atoms with Crippen LogP contribution < -0.4 is 5.32 Å². The molecule has 1 atom stereocenters. The number of carbonyl (C=O) groups excluding carboxylic acids is 1. The molecule has 3 N–H and O–H groups in total. The molecule has 0 radical (unpaired) electrons. The number of nitrogens with zero attached hydrogens (tertiary/aromatic N) is 2. The molecule has 1 unspecified atom stereocenters. The van der Waals surface area contributed by atoms with Gasteiger partial charge in [-0.1, -0.05) is 13.8 Å². The van der Waals surface area contributed by atoms with Crippen molar-refractivity contribution in [3.05, 3.63) is 11.6 Å². The van der Waals surface area contributed by atoms with Crippen LogP contribution in [0.25, 0.3) is 0 Å². The molecule has 1 aromatic heterocycles. The average Bonchev–Trinajstić information content (AvgIpc) is 2.77. The van der Waals surface area contributed by atoms with Gasteiger partial charge in [0, 0.05) is 13.0 Å². The number of aryl methyl sites for hydroxylation is 1. The molecule has 0 aliphatic carbocycles. The molecule has 7 nitrogen and oxygen atoms in total. The number of amides is 1. The first-order chi connectivity index (χ1) is 8.04. The lowest BCUT2D eigenvalue weighted by atomic mass is 10.1. The van der Waals surface area contributed by atoms with E-state index in [2.05, 4.69) is 20.5 Å². The second kappa shape index (κ2) is 5.97. The van der Waals surface area contributed by atoms with Gasteiger partial charge in [0.05, 0.1) is 5.92 Å². The summed E-state index contributed by atoms with van der Waals surface area (Å²) in [7, 11) is 0. The Hall–Kier alpha value is -1.92. The van der Waals surface area contributed by atoms with Crippen LogP contribution in [0.1, 0.15) is 36.7 Å². The summed E-state index contributed by atoms with van der Waals surface area (Å²) in [5.41, 5.74) is 0. The molecule has 0 aliphatic rings. The van der Waals surface area contributed by atoms with Gasteiger partial charge in [0.25, 0.3) is 5.91 Å². The van der Waals surface area contributed by atoms with Crippen molar-refractivity contribution < 1.29 is 14.7 Å². The number of aromatic nitrogens is 3. The Bertz CT molecular complexity index is 402. The zero-order valence-electron chi connectivity index (χ0n) is 9.86. The van der Waals surface area contributed by atoms with E-state index >= 15 is 0 Å². The zero-order valence-corrected chi connectivity index (χ0v) is 9.86. The summed E-state index contributed by atoms with van der Waals surface area (Å²) in [4.78, 5) is 26.0. The quantitative estimate of drug-likeness (QED) is 0.658. The molecular weight excluding hydrogens is 224 g/mol. The van der Waals surface area contributed by atoms with Crippen molar-refractivity contribution in [2.75, 3.05) is 6.54 Å². The number of carbonyl (C=O) groups is 2. The molecule has 0 spiro atoms. The summed E-state index contributed by atoms with van der Waals surface area (Å²) in [5.74, 6) is -1.00. The van der Waals surface area contributed by atoms with Crippen LogP contribution in [0.5, 0.6) is 0 Å². The first kappa shape index (κ1) is 13.1. The fourth-order valence-corrected chi connectivity index (χ4v) is 1.16. The number of aliphatic carboxylic acids is 1. The fraction of sp³-hybridized carbons (Fsp3) is 0.600. The lowest BCUT2D eigenvalue weighted by molar-refractivity contribution is -0.141. The summed E-state index contributed by atoms with van der Waals surface area (Å²) in [6.07, 6.45) is 1.06. The summed E-state index contributed by atoms with van der Waals surface area (Å²) in [6, 6.07) is 0. The first-order valence-electron chi connectivity index (χ1n) is 5.46. The molecule has 17 heavy (non-hydrogen) atoms. The number of carboxylic acids is 1. The number of H-pyrrole nitrogens is 1. The van der Waals surface area contributed by atoms with Crippen molar-refractivity contribution in [3.63, 3.8) is 0 Å². The standard InChI is InChI=1S/C10H16N4O3/c1-3-7-12-8(14-13-7)9(15)11-5-4-6(2)10(16)17/h6H,3-5H2,1-2H3,(H,11,15)(H,16,17)(H,12,13,14). The SMILES string of the molecule is CCc1nc(C(=O)NCCC(C)C(=O)O)n[nH]1. The largest absolute Gasteiger partial charge is 0.481 e. The highest BCUT2D eigenvalue weighted by Gasteiger charge is 2.14. The van der Waals surface area contributed by atoms with E-state index in [4.69, 9.17) is 5.11 Å². The molecular formula is C10H16N4O3. The van der Waals surface area contributed by atoms with E-state index in [1.165, 1.54) is 0 Å². The van der Waals surface area contributed by atoms with E-state index in [9.17, 15) is 9.59 Å². The van der Waals surface area contributed by atoms with Crippen LogP contribution in [0, 0.1) is 5.92 Å². The third-order valence-corrected chi connectivity index (χ3v) is 2.35. The Morgan fingerprint density at radius 2 is 2.24 bits per heavy atom. The number of hydrogen-bond donors (Lipinski definition) is 3. The van der Waals surface area contributed by atoms with Gasteiger partial charge in [-0.15, -0.1) is 5.10 Å². The van der Waals surface area contributed by atoms with Gasteiger partial charge < -0.3 is 10.4 Å². The Morgan fingerprint density at radius 3 is 2.76 bits per heavy atom. The topological polar surface area (TPSA) is 108 Å². The minimum absolute atomic E-state index is 0.0878. The van der Waals surface area contributed by atoms with Gasteiger partial charge in [0.1, 0.15) is 5.82 Å². The molecule has 1 rings (SSSR count). The van der Waals surface area contributed by atoms with Crippen LogP contribution in [0.15, 0.2) is 0 Å². The number of nitrogens with one attached hydrogen (secondary N) is 2. The predicted octanol–water partition coefficient (Wildman–Crippen LogP) is 0.208. The molecule has 0 fully saturated rings. The third kappa shape index (κ3) is 3.86. The summed E-state index contributed by atoms with van der Waals surface area (Å²) in [6.45, 7) is 3.79. The van der Waals surface area contributed by atoms with Crippen LogP contribution in [-0.4, -0.2) is 38.7 Å². The normalized spacial score (nSPS) is 12.1. The van der Waals surface area contributed by atoms with Crippen molar-refractivity contribution in [1.29, 1.82) is 0 Å². The average molecular weight is 240 g/mol. The van der Waals surface area contributed by atoms with Gasteiger partial charge in [-0.3, -0.25) is 14.7 Å². The van der Waals surface area contributed by atoms with Crippen LogP contribution in [0.2, 0.25) is 0 Å². The lowest BCUT2D eigenvalue weighted by Crippen LogP contribution is -2.27. The highest BCUT2D eigenvalue weighted by Crippen LogP contribution is 2.00. The van der Waals surface area contributed by atoms with Crippen LogP contribution in [-0.2, 0) is 11.2 Å². The maximum absolute atomic E-state index is 11.5. The minimum Gasteiger partial charge on any atom is -0.481 e. The van der Waals surface area contributed by atoms with E-state index < -0.39 is 17.8 Å². The molecule has 94 valence electrons. The molecule has 1 amide bonds. The first-order valence-corrected chi connectivity index (χ1v) is 5.46. The van der Waals surface area contributed by atoms with E-state index in [1.54, 1.807) is 6.92 Å². The summed E-state index contributed by atoms with van der Waals surface area (Å²) >= 11 is 0. The van der Waals surface area contributed by atoms with Crippen molar-refractivity contribution in [3.8, 4) is 0 Å². The molecule has 0 bridgehead atoms. The maximum atomic E-state index is 11.5. The number of hydrogen-bond acceptors (Lipinski definition) is 4. The van der Waals surface area contributed by atoms with Gasteiger partial charge in [0.15, 0.2) is 0 Å². The highest BCUT2D eigenvalue weighted by molar-refractivity contribution is 5.90. The second-order valence-corrected chi connectivity index (χ2v) is 3.74. The van der Waals surface area contributed by atoms with E-state index in [1.807, 2.05) is 6.92 Å². The Labute approximate surface area is 98.6 Å². The molecule has 1 heterocycles. The highest BCUT2D eigenvalue weighted by atomic mass is 16.4. The van der Waals surface area contributed by atoms with Gasteiger partial charge in [-0.25, -0.2) is 4.98 Å². The molecule has 7 heteroatoms.